The Hall–Kier alpha value is -2.13. The van der Waals surface area contributed by atoms with Crippen LogP contribution in [-0.4, -0.2) is 41.1 Å². The molecule has 0 bridgehead atoms. The molecule has 0 aliphatic heterocycles. The van der Waals surface area contributed by atoms with Crippen molar-refractivity contribution in [3.05, 3.63) is 18.2 Å². The lowest BCUT2D eigenvalue weighted by Gasteiger charge is -2.11. The highest BCUT2D eigenvalue weighted by Crippen LogP contribution is 2.27. The van der Waals surface area contributed by atoms with Crippen molar-refractivity contribution >= 4 is 27.6 Å². The number of carbonyl (C=O) groups excluding carboxylic acids is 2. The van der Waals surface area contributed by atoms with E-state index < -0.39 is 22.5 Å². The number of carbonyl (C=O) groups is 2. The number of anilines is 1. The number of esters is 1. The molecule has 1 rings (SSSR count). The first-order valence-electron chi connectivity index (χ1n) is 5.82. The summed E-state index contributed by atoms with van der Waals surface area (Å²) in [6.07, 6.45) is 0. The van der Waals surface area contributed by atoms with Gasteiger partial charge in [0.05, 0.1) is 24.8 Å². The van der Waals surface area contributed by atoms with Gasteiger partial charge < -0.3 is 14.8 Å². The molecular formula is C12H16N2O6S. The summed E-state index contributed by atoms with van der Waals surface area (Å²) in [7, 11) is -1.36. The Morgan fingerprint density at radius 1 is 1.24 bits per heavy atom. The molecule has 0 heterocycles. The SMILES string of the molecule is COC(=O)CNS(=O)(=O)c1ccc(OC)c(NC(C)=O)c1. The Morgan fingerprint density at radius 2 is 1.90 bits per heavy atom. The molecule has 0 atom stereocenters. The Balaban J connectivity index is 3.07. The number of hydrogen-bond acceptors (Lipinski definition) is 6. The van der Waals surface area contributed by atoms with Gasteiger partial charge in [-0.05, 0) is 18.2 Å². The first-order chi connectivity index (χ1) is 9.80. The van der Waals surface area contributed by atoms with Crippen LogP contribution in [0, 0.1) is 0 Å². The van der Waals surface area contributed by atoms with Gasteiger partial charge in [-0.3, -0.25) is 9.59 Å². The van der Waals surface area contributed by atoms with Gasteiger partial charge in [0.1, 0.15) is 12.3 Å². The molecule has 0 spiro atoms. The van der Waals surface area contributed by atoms with E-state index in [4.69, 9.17) is 4.74 Å². The van der Waals surface area contributed by atoms with Crippen LogP contribution in [0.25, 0.3) is 0 Å². The molecule has 0 unspecified atom stereocenters. The quantitative estimate of drug-likeness (QED) is 0.720. The molecule has 0 radical (unpaired) electrons. The molecule has 1 aromatic carbocycles. The summed E-state index contributed by atoms with van der Waals surface area (Å²) in [4.78, 5) is 22.0. The van der Waals surface area contributed by atoms with Crippen molar-refractivity contribution in [1.82, 2.24) is 4.72 Å². The minimum Gasteiger partial charge on any atom is -0.495 e. The molecule has 2 N–H and O–H groups in total. The van der Waals surface area contributed by atoms with Crippen molar-refractivity contribution in [3.8, 4) is 5.75 Å². The summed E-state index contributed by atoms with van der Waals surface area (Å²) >= 11 is 0. The van der Waals surface area contributed by atoms with Crippen molar-refractivity contribution in [2.24, 2.45) is 0 Å². The van der Waals surface area contributed by atoms with Gasteiger partial charge in [0.25, 0.3) is 0 Å². The zero-order valence-corrected chi connectivity index (χ0v) is 12.6. The molecule has 21 heavy (non-hydrogen) atoms. The van der Waals surface area contributed by atoms with Gasteiger partial charge in [0, 0.05) is 6.92 Å². The Labute approximate surface area is 122 Å². The summed E-state index contributed by atoms with van der Waals surface area (Å²) in [5, 5.41) is 2.47. The summed E-state index contributed by atoms with van der Waals surface area (Å²) in [5.41, 5.74) is 0.214. The van der Waals surface area contributed by atoms with E-state index in [-0.39, 0.29) is 16.5 Å². The fourth-order valence-electron chi connectivity index (χ4n) is 1.45. The Bertz CT molecular complexity index is 641. The molecule has 0 saturated heterocycles. The van der Waals surface area contributed by atoms with Crippen LogP contribution in [0.4, 0.5) is 5.69 Å². The van der Waals surface area contributed by atoms with E-state index in [2.05, 4.69) is 14.8 Å². The molecule has 1 aromatic rings. The number of sulfonamides is 1. The minimum absolute atomic E-state index is 0.115. The largest absolute Gasteiger partial charge is 0.495 e. The molecule has 116 valence electrons. The monoisotopic (exact) mass is 316 g/mol. The third-order valence-corrected chi connectivity index (χ3v) is 3.83. The normalized spacial score (nSPS) is 10.8. The third kappa shape index (κ3) is 4.72. The van der Waals surface area contributed by atoms with Gasteiger partial charge in [-0.15, -0.1) is 0 Å². The number of ether oxygens (including phenoxy) is 2. The second-order valence-electron chi connectivity index (χ2n) is 3.94. The fourth-order valence-corrected chi connectivity index (χ4v) is 2.45. The second kappa shape index (κ2) is 7.04. The minimum atomic E-state index is -3.91. The van der Waals surface area contributed by atoms with Crippen LogP contribution in [0.1, 0.15) is 6.92 Å². The van der Waals surface area contributed by atoms with Crippen molar-refractivity contribution < 1.29 is 27.5 Å². The van der Waals surface area contributed by atoms with Crippen LogP contribution in [0.2, 0.25) is 0 Å². The maximum absolute atomic E-state index is 12.0. The van der Waals surface area contributed by atoms with Crippen molar-refractivity contribution in [2.75, 3.05) is 26.1 Å². The lowest BCUT2D eigenvalue weighted by molar-refractivity contribution is -0.139. The predicted octanol–water partition coefficient (Wildman–Crippen LogP) is 0.105. The van der Waals surface area contributed by atoms with Crippen LogP contribution >= 0.6 is 0 Å². The number of hydrogen-bond donors (Lipinski definition) is 2. The van der Waals surface area contributed by atoms with E-state index in [1.165, 1.54) is 32.2 Å². The maximum atomic E-state index is 12.0. The van der Waals surface area contributed by atoms with Crippen LogP contribution in [-0.2, 0) is 24.3 Å². The average Bonchev–Trinajstić information content (AvgIpc) is 2.44. The highest BCUT2D eigenvalue weighted by atomic mass is 32.2. The molecule has 0 saturated carbocycles. The number of nitrogens with one attached hydrogen (secondary N) is 2. The number of rotatable bonds is 6. The van der Waals surface area contributed by atoms with Crippen molar-refractivity contribution in [2.45, 2.75) is 11.8 Å². The lowest BCUT2D eigenvalue weighted by Crippen LogP contribution is -2.30. The van der Waals surface area contributed by atoms with Gasteiger partial charge in [0.15, 0.2) is 0 Å². The number of amides is 1. The van der Waals surface area contributed by atoms with Gasteiger partial charge in [0.2, 0.25) is 15.9 Å². The first-order valence-corrected chi connectivity index (χ1v) is 7.30. The molecular weight excluding hydrogens is 300 g/mol. The van der Waals surface area contributed by atoms with Gasteiger partial charge in [-0.25, -0.2) is 8.42 Å². The van der Waals surface area contributed by atoms with E-state index in [1.54, 1.807) is 0 Å². The molecule has 1 amide bonds. The van der Waals surface area contributed by atoms with Crippen LogP contribution in [0.5, 0.6) is 5.75 Å². The Kier molecular flexibility index (Phi) is 5.68. The zero-order chi connectivity index (χ0) is 16.0. The fraction of sp³-hybridized carbons (Fsp3) is 0.333. The van der Waals surface area contributed by atoms with E-state index in [0.29, 0.717) is 5.75 Å². The molecule has 8 nitrogen and oxygen atoms in total. The first kappa shape index (κ1) is 16.9. The molecule has 9 heteroatoms. The molecule has 0 aliphatic rings. The molecule has 0 fully saturated rings. The summed E-state index contributed by atoms with van der Waals surface area (Å²) in [5.74, 6) is -0.767. The average molecular weight is 316 g/mol. The standard InChI is InChI=1S/C12H16N2O6S/c1-8(15)14-10-6-9(4-5-11(10)19-2)21(17,18)13-7-12(16)20-3/h4-6,13H,7H2,1-3H3,(H,14,15). The molecule has 0 aromatic heterocycles. The highest BCUT2D eigenvalue weighted by molar-refractivity contribution is 7.89. The van der Waals surface area contributed by atoms with E-state index in [9.17, 15) is 18.0 Å². The van der Waals surface area contributed by atoms with Gasteiger partial charge >= 0.3 is 5.97 Å². The topological polar surface area (TPSA) is 111 Å². The Morgan fingerprint density at radius 3 is 2.43 bits per heavy atom. The van der Waals surface area contributed by atoms with Crippen molar-refractivity contribution in [1.29, 1.82) is 0 Å². The van der Waals surface area contributed by atoms with Gasteiger partial charge in [-0.2, -0.15) is 4.72 Å². The summed E-state index contributed by atoms with van der Waals surface area (Å²) in [6.45, 7) is 0.802. The predicted molar refractivity (Wildman–Crippen MR) is 74.5 cm³/mol. The molecule has 0 aliphatic carbocycles. The van der Waals surface area contributed by atoms with Crippen molar-refractivity contribution in [3.63, 3.8) is 0 Å². The summed E-state index contributed by atoms with van der Waals surface area (Å²) in [6, 6.07) is 3.93. The lowest BCUT2D eigenvalue weighted by atomic mass is 10.3. The number of benzene rings is 1. The van der Waals surface area contributed by atoms with Crippen LogP contribution < -0.4 is 14.8 Å². The summed E-state index contributed by atoms with van der Waals surface area (Å²) < 4.78 is 35.5. The number of methoxy groups -OCH3 is 2. The van der Waals surface area contributed by atoms with Gasteiger partial charge in [-0.1, -0.05) is 0 Å². The zero-order valence-electron chi connectivity index (χ0n) is 11.8. The van der Waals surface area contributed by atoms with Crippen LogP contribution in [0.3, 0.4) is 0 Å². The third-order valence-electron chi connectivity index (χ3n) is 2.43. The maximum Gasteiger partial charge on any atom is 0.320 e. The van der Waals surface area contributed by atoms with E-state index in [1.807, 2.05) is 0 Å². The van der Waals surface area contributed by atoms with E-state index in [0.717, 1.165) is 7.11 Å². The second-order valence-corrected chi connectivity index (χ2v) is 5.71. The van der Waals surface area contributed by atoms with E-state index >= 15 is 0 Å². The highest BCUT2D eigenvalue weighted by Gasteiger charge is 2.18. The van der Waals surface area contributed by atoms with Crippen LogP contribution in [0.15, 0.2) is 23.1 Å². The smallest absolute Gasteiger partial charge is 0.320 e.